The maximum Gasteiger partial charge on any atom is 0.417 e. The molecular weight excluding hydrogens is 397 g/mol. The molecule has 1 aromatic heterocycles. The summed E-state index contributed by atoms with van der Waals surface area (Å²) < 4.78 is 41.8. The number of nitrogens with zero attached hydrogens (tertiary/aromatic N) is 2. The molecule has 0 aliphatic carbocycles. The molecule has 0 N–H and O–H groups in total. The molecule has 2 heterocycles. The number of aromatic nitrogens is 2. The molecule has 1 aliphatic rings. The number of fused-ring (bicyclic) bond motifs is 1. The molecule has 0 saturated heterocycles. The van der Waals surface area contributed by atoms with Crippen LogP contribution in [0.4, 0.5) is 13.2 Å². The van der Waals surface area contributed by atoms with Gasteiger partial charge in [-0.3, -0.25) is 4.79 Å². The number of rotatable bonds is 2. The van der Waals surface area contributed by atoms with E-state index in [1.165, 1.54) is 12.1 Å². The van der Waals surface area contributed by atoms with Gasteiger partial charge < -0.3 is 4.57 Å². The molecule has 23 heavy (non-hydrogen) atoms. The van der Waals surface area contributed by atoms with Crippen LogP contribution in [0, 0.1) is 0 Å². The number of carbonyl (C=O) groups excluding carboxylic acids is 1. The molecule has 1 aromatic carbocycles. The summed E-state index contributed by atoms with van der Waals surface area (Å²) in [4.78, 5) is 16.9. The van der Waals surface area contributed by atoms with Crippen molar-refractivity contribution < 1.29 is 18.0 Å². The number of hydrogen-bond donors (Lipinski definition) is 0. The van der Waals surface area contributed by atoms with Crippen LogP contribution in [0.1, 0.15) is 40.3 Å². The highest BCUT2D eigenvalue weighted by Crippen LogP contribution is 2.36. The first kappa shape index (κ1) is 16.5. The highest BCUT2D eigenvalue weighted by Gasteiger charge is 2.38. The van der Waals surface area contributed by atoms with E-state index in [0.717, 1.165) is 31.0 Å². The lowest BCUT2D eigenvalue weighted by molar-refractivity contribution is -0.137. The number of benzene rings is 1. The molecule has 0 bridgehead atoms. The summed E-state index contributed by atoms with van der Waals surface area (Å²) in [7, 11) is 0. The fraction of sp³-hybridized carbons (Fsp3) is 0.333. The van der Waals surface area contributed by atoms with Gasteiger partial charge in [0.05, 0.1) is 21.8 Å². The molecule has 122 valence electrons. The monoisotopic (exact) mass is 406 g/mol. The van der Waals surface area contributed by atoms with E-state index < -0.39 is 23.1 Å². The van der Waals surface area contributed by atoms with Crippen LogP contribution in [0.15, 0.2) is 22.8 Å². The maximum atomic E-state index is 13.2. The molecule has 0 radical (unpaired) electrons. The predicted octanol–water partition coefficient (Wildman–Crippen LogP) is 4.89. The highest BCUT2D eigenvalue weighted by molar-refractivity contribution is 9.10. The van der Waals surface area contributed by atoms with E-state index in [-0.39, 0.29) is 10.8 Å². The normalized spacial score (nSPS) is 14.7. The summed E-state index contributed by atoms with van der Waals surface area (Å²) in [6.45, 7) is 0.556. The summed E-state index contributed by atoms with van der Waals surface area (Å²) >= 11 is 9.18. The molecule has 0 fully saturated rings. The average Bonchev–Trinajstić information content (AvgIpc) is 2.83. The quantitative estimate of drug-likeness (QED) is 0.665. The minimum absolute atomic E-state index is 0.00910. The lowest BCUT2D eigenvalue weighted by Gasteiger charge is -2.17. The zero-order chi connectivity index (χ0) is 16.8. The summed E-state index contributed by atoms with van der Waals surface area (Å²) in [5, 5.41) is -0.228. The van der Waals surface area contributed by atoms with Gasteiger partial charge in [0.2, 0.25) is 5.78 Å². The van der Waals surface area contributed by atoms with Crippen LogP contribution in [0.5, 0.6) is 0 Å². The van der Waals surface area contributed by atoms with Gasteiger partial charge in [-0.2, -0.15) is 13.2 Å². The largest absolute Gasteiger partial charge is 0.417 e. The number of imidazole rings is 1. The van der Waals surface area contributed by atoms with Crippen molar-refractivity contribution in [3.8, 4) is 0 Å². The van der Waals surface area contributed by atoms with Crippen LogP contribution >= 0.6 is 27.5 Å². The Labute approximate surface area is 143 Å². The Kier molecular flexibility index (Phi) is 4.27. The topological polar surface area (TPSA) is 34.9 Å². The Morgan fingerprint density at radius 3 is 2.74 bits per heavy atom. The molecule has 0 unspecified atom stereocenters. The summed E-state index contributed by atoms with van der Waals surface area (Å²) in [6, 6.07) is 3.31. The smallest absolute Gasteiger partial charge is 0.324 e. The van der Waals surface area contributed by atoms with Crippen LogP contribution in [0.25, 0.3) is 0 Å². The standard InChI is InChI=1S/C15H11BrClF3N2O/c16-13-10-6-1-2-7-22(10)14(21-13)12(23)11-8(15(18,19)20)4-3-5-9(11)17/h3-5H,1-2,6-7H2. The van der Waals surface area contributed by atoms with Crippen molar-refractivity contribution in [1.82, 2.24) is 9.55 Å². The Hall–Kier alpha value is -1.34. The van der Waals surface area contributed by atoms with Crippen molar-refractivity contribution in [2.75, 3.05) is 0 Å². The molecule has 0 atom stereocenters. The van der Waals surface area contributed by atoms with E-state index >= 15 is 0 Å². The predicted molar refractivity (Wildman–Crippen MR) is 82.8 cm³/mol. The summed E-state index contributed by atoms with van der Waals surface area (Å²) in [5.41, 5.74) is -0.757. The average molecular weight is 408 g/mol. The van der Waals surface area contributed by atoms with Gasteiger partial charge in [0.15, 0.2) is 5.82 Å². The molecular formula is C15H11BrClF3N2O. The number of ketones is 1. The van der Waals surface area contributed by atoms with Gasteiger partial charge in [0.25, 0.3) is 0 Å². The maximum absolute atomic E-state index is 13.2. The molecule has 1 aliphatic heterocycles. The van der Waals surface area contributed by atoms with E-state index in [4.69, 9.17) is 11.6 Å². The van der Waals surface area contributed by atoms with Crippen LogP contribution < -0.4 is 0 Å². The molecule has 3 rings (SSSR count). The zero-order valence-electron chi connectivity index (χ0n) is 11.8. The van der Waals surface area contributed by atoms with Crippen molar-refractivity contribution in [1.29, 1.82) is 0 Å². The Morgan fingerprint density at radius 2 is 2.04 bits per heavy atom. The summed E-state index contributed by atoms with van der Waals surface area (Å²) in [6.07, 6.45) is -2.12. The molecule has 2 aromatic rings. The van der Waals surface area contributed by atoms with Gasteiger partial charge in [-0.05, 0) is 47.3 Å². The van der Waals surface area contributed by atoms with E-state index in [2.05, 4.69) is 20.9 Å². The first-order valence-corrected chi connectivity index (χ1v) is 8.13. The van der Waals surface area contributed by atoms with Gasteiger partial charge in [0, 0.05) is 6.54 Å². The summed E-state index contributed by atoms with van der Waals surface area (Å²) in [5.74, 6) is -0.818. The fourth-order valence-corrected chi connectivity index (χ4v) is 3.62. The van der Waals surface area contributed by atoms with E-state index in [9.17, 15) is 18.0 Å². The van der Waals surface area contributed by atoms with Crippen molar-refractivity contribution in [3.05, 3.63) is 50.5 Å². The highest BCUT2D eigenvalue weighted by atomic mass is 79.9. The number of carbonyl (C=O) groups is 1. The molecule has 0 spiro atoms. The lowest BCUT2D eigenvalue weighted by Crippen LogP contribution is -2.20. The molecule has 0 amide bonds. The number of alkyl halides is 3. The van der Waals surface area contributed by atoms with Gasteiger partial charge in [-0.1, -0.05) is 17.7 Å². The minimum Gasteiger partial charge on any atom is -0.324 e. The van der Waals surface area contributed by atoms with Gasteiger partial charge in [0.1, 0.15) is 4.60 Å². The van der Waals surface area contributed by atoms with Crippen molar-refractivity contribution in [2.45, 2.75) is 32.0 Å². The Morgan fingerprint density at radius 1 is 1.30 bits per heavy atom. The first-order valence-electron chi connectivity index (χ1n) is 6.96. The zero-order valence-corrected chi connectivity index (χ0v) is 14.1. The number of halogens is 5. The molecule has 0 saturated carbocycles. The van der Waals surface area contributed by atoms with Crippen LogP contribution in [0.2, 0.25) is 5.02 Å². The van der Waals surface area contributed by atoms with Crippen LogP contribution in [-0.2, 0) is 19.1 Å². The molecule has 3 nitrogen and oxygen atoms in total. The Balaban J connectivity index is 2.16. The SMILES string of the molecule is O=C(c1c(Cl)cccc1C(F)(F)F)c1nc(Br)c2n1CCCC2. The third kappa shape index (κ3) is 2.92. The second kappa shape index (κ2) is 5.94. The van der Waals surface area contributed by atoms with Gasteiger partial charge in [-0.15, -0.1) is 0 Å². The minimum atomic E-state index is -4.66. The van der Waals surface area contributed by atoms with Crippen molar-refractivity contribution in [3.63, 3.8) is 0 Å². The second-order valence-corrected chi connectivity index (χ2v) is 6.43. The van der Waals surface area contributed by atoms with E-state index in [1.54, 1.807) is 4.57 Å². The molecule has 8 heteroatoms. The van der Waals surface area contributed by atoms with E-state index in [0.29, 0.717) is 11.1 Å². The van der Waals surface area contributed by atoms with E-state index in [1.807, 2.05) is 0 Å². The third-order valence-corrected chi connectivity index (χ3v) is 4.77. The number of hydrogen-bond acceptors (Lipinski definition) is 2. The first-order chi connectivity index (χ1) is 10.8. The van der Waals surface area contributed by atoms with Crippen LogP contribution in [-0.4, -0.2) is 15.3 Å². The second-order valence-electron chi connectivity index (χ2n) is 5.27. The van der Waals surface area contributed by atoms with Gasteiger partial charge in [-0.25, -0.2) is 4.98 Å². The lowest BCUT2D eigenvalue weighted by atomic mass is 10.0. The van der Waals surface area contributed by atoms with Crippen LogP contribution in [0.3, 0.4) is 0 Å². The van der Waals surface area contributed by atoms with Crippen molar-refractivity contribution in [2.24, 2.45) is 0 Å². The van der Waals surface area contributed by atoms with Gasteiger partial charge >= 0.3 is 6.18 Å². The van der Waals surface area contributed by atoms with Crippen molar-refractivity contribution >= 4 is 33.3 Å². The fourth-order valence-electron chi connectivity index (χ4n) is 2.77. The Bertz CT molecular complexity index is 786. The third-order valence-electron chi connectivity index (χ3n) is 3.82.